The first-order valence-corrected chi connectivity index (χ1v) is 7.48. The van der Waals surface area contributed by atoms with E-state index in [-0.39, 0.29) is 0 Å². The van der Waals surface area contributed by atoms with Crippen LogP contribution in [0.5, 0.6) is 0 Å². The molecule has 0 radical (unpaired) electrons. The molecule has 4 rings (SSSR count). The Labute approximate surface area is 141 Å². The van der Waals surface area contributed by atoms with Crippen molar-refractivity contribution in [3.05, 3.63) is 72.6 Å². The van der Waals surface area contributed by atoms with Gasteiger partial charge in [-0.2, -0.15) is 5.10 Å². The fourth-order valence-corrected chi connectivity index (χ4v) is 2.53. The molecule has 0 bridgehead atoms. The zero-order valence-corrected chi connectivity index (χ0v) is 12.9. The minimum Gasteiger partial charge on any atom is -0.365 e. The molecule has 0 saturated carbocycles. The number of nitrogens with one attached hydrogen (secondary N) is 1. The highest BCUT2D eigenvalue weighted by molar-refractivity contribution is 5.88. The molecule has 124 valence electrons. The Hall–Kier alpha value is -3.42. The highest BCUT2D eigenvalue weighted by Crippen LogP contribution is 2.22. The molecule has 0 saturated heterocycles. The molecule has 0 fully saturated rings. The second-order valence-corrected chi connectivity index (χ2v) is 5.37. The Kier molecular flexibility index (Phi) is 3.77. The topological polar surface area (TPSA) is 68.5 Å². The van der Waals surface area contributed by atoms with Crippen molar-refractivity contribution in [2.45, 2.75) is 6.54 Å². The number of fused-ring (bicyclic) bond motifs is 1. The standard InChI is InChI=1S/C17H12F2N6/c18-14-5-13-16(6-15(14)19)22-9-23-17(13)21-7-11-2-1-3-12(4-11)25-10-20-8-24-25/h1-6,8-10H,7H2,(H,21,22,23). The molecular formula is C17H12F2N6. The Balaban J connectivity index is 1.61. The van der Waals surface area contributed by atoms with E-state index in [2.05, 4.69) is 25.4 Å². The molecule has 2 aromatic heterocycles. The van der Waals surface area contributed by atoms with Crippen LogP contribution < -0.4 is 5.32 Å². The summed E-state index contributed by atoms with van der Waals surface area (Å²) in [6, 6.07) is 9.86. The summed E-state index contributed by atoms with van der Waals surface area (Å²) in [4.78, 5) is 12.0. The Morgan fingerprint density at radius 1 is 1.00 bits per heavy atom. The van der Waals surface area contributed by atoms with Crippen molar-refractivity contribution in [1.29, 1.82) is 0 Å². The summed E-state index contributed by atoms with van der Waals surface area (Å²) < 4.78 is 28.5. The van der Waals surface area contributed by atoms with Gasteiger partial charge in [-0.3, -0.25) is 0 Å². The van der Waals surface area contributed by atoms with Crippen LogP contribution >= 0.6 is 0 Å². The van der Waals surface area contributed by atoms with E-state index in [1.807, 2.05) is 24.3 Å². The third-order valence-corrected chi connectivity index (χ3v) is 3.73. The van der Waals surface area contributed by atoms with Crippen LogP contribution in [0.25, 0.3) is 16.6 Å². The fourth-order valence-electron chi connectivity index (χ4n) is 2.53. The van der Waals surface area contributed by atoms with Crippen LogP contribution in [-0.2, 0) is 6.54 Å². The van der Waals surface area contributed by atoms with Crippen molar-refractivity contribution >= 4 is 16.7 Å². The zero-order valence-electron chi connectivity index (χ0n) is 12.9. The van der Waals surface area contributed by atoms with Crippen molar-refractivity contribution in [3.63, 3.8) is 0 Å². The van der Waals surface area contributed by atoms with E-state index in [4.69, 9.17) is 0 Å². The normalized spacial score (nSPS) is 11.0. The monoisotopic (exact) mass is 338 g/mol. The molecular weight excluding hydrogens is 326 g/mol. The summed E-state index contributed by atoms with van der Waals surface area (Å²) >= 11 is 0. The second kappa shape index (κ2) is 6.23. The highest BCUT2D eigenvalue weighted by Gasteiger charge is 2.09. The number of hydrogen-bond donors (Lipinski definition) is 1. The molecule has 25 heavy (non-hydrogen) atoms. The fraction of sp³-hybridized carbons (Fsp3) is 0.0588. The van der Waals surface area contributed by atoms with Crippen molar-refractivity contribution in [2.24, 2.45) is 0 Å². The van der Waals surface area contributed by atoms with Gasteiger partial charge in [0.1, 0.15) is 24.8 Å². The summed E-state index contributed by atoms with van der Waals surface area (Å²) in [5.74, 6) is -1.42. The molecule has 6 nitrogen and oxygen atoms in total. The quantitative estimate of drug-likeness (QED) is 0.619. The van der Waals surface area contributed by atoms with Gasteiger partial charge in [-0.05, 0) is 23.8 Å². The third-order valence-electron chi connectivity index (χ3n) is 3.73. The van der Waals surface area contributed by atoms with Gasteiger partial charge in [0.2, 0.25) is 0 Å². The summed E-state index contributed by atoms with van der Waals surface area (Å²) in [6.45, 7) is 0.452. The van der Waals surface area contributed by atoms with E-state index in [0.29, 0.717) is 23.3 Å². The van der Waals surface area contributed by atoms with Crippen LogP contribution in [0, 0.1) is 11.6 Å². The number of hydrogen-bond acceptors (Lipinski definition) is 5. The number of aromatic nitrogens is 5. The molecule has 2 heterocycles. The Bertz CT molecular complexity index is 1030. The predicted molar refractivity (Wildman–Crippen MR) is 88.1 cm³/mol. The Morgan fingerprint density at radius 2 is 1.88 bits per heavy atom. The SMILES string of the molecule is Fc1cc2ncnc(NCc3cccc(-n4cncn4)c3)c2cc1F. The maximum atomic E-state index is 13.5. The van der Waals surface area contributed by atoms with E-state index in [9.17, 15) is 8.78 Å². The molecule has 0 amide bonds. The second-order valence-electron chi connectivity index (χ2n) is 5.37. The van der Waals surface area contributed by atoms with Crippen LogP contribution in [0.1, 0.15) is 5.56 Å². The van der Waals surface area contributed by atoms with Crippen LogP contribution in [0.2, 0.25) is 0 Å². The van der Waals surface area contributed by atoms with Gasteiger partial charge >= 0.3 is 0 Å². The van der Waals surface area contributed by atoms with Crippen molar-refractivity contribution < 1.29 is 8.78 Å². The molecule has 0 aliphatic rings. The zero-order chi connectivity index (χ0) is 17.2. The first-order chi connectivity index (χ1) is 12.2. The van der Waals surface area contributed by atoms with Gasteiger partial charge in [-0.15, -0.1) is 0 Å². The molecule has 2 aromatic carbocycles. The van der Waals surface area contributed by atoms with Gasteiger partial charge in [0.05, 0.1) is 11.2 Å². The molecule has 0 spiro atoms. The maximum absolute atomic E-state index is 13.5. The lowest BCUT2D eigenvalue weighted by molar-refractivity contribution is 0.510. The summed E-state index contributed by atoms with van der Waals surface area (Å²) in [6.07, 6.45) is 4.39. The number of nitrogens with zero attached hydrogens (tertiary/aromatic N) is 5. The van der Waals surface area contributed by atoms with E-state index >= 15 is 0 Å². The van der Waals surface area contributed by atoms with Crippen molar-refractivity contribution in [2.75, 3.05) is 5.32 Å². The summed E-state index contributed by atoms with van der Waals surface area (Å²) in [5, 5.41) is 7.65. The first-order valence-electron chi connectivity index (χ1n) is 7.48. The highest BCUT2D eigenvalue weighted by atomic mass is 19.2. The number of benzene rings is 2. The van der Waals surface area contributed by atoms with Crippen LogP contribution in [0.4, 0.5) is 14.6 Å². The van der Waals surface area contributed by atoms with Crippen LogP contribution in [0.15, 0.2) is 55.4 Å². The van der Waals surface area contributed by atoms with Crippen LogP contribution in [-0.4, -0.2) is 24.7 Å². The lowest BCUT2D eigenvalue weighted by atomic mass is 10.2. The smallest absolute Gasteiger partial charge is 0.161 e. The minimum absolute atomic E-state index is 0.341. The van der Waals surface area contributed by atoms with Gasteiger partial charge in [0.15, 0.2) is 11.6 Å². The van der Waals surface area contributed by atoms with Gasteiger partial charge < -0.3 is 5.32 Å². The van der Waals surface area contributed by atoms with Gasteiger partial charge in [0, 0.05) is 18.0 Å². The third kappa shape index (κ3) is 3.01. The minimum atomic E-state index is -0.933. The maximum Gasteiger partial charge on any atom is 0.161 e. The molecule has 0 aliphatic heterocycles. The number of anilines is 1. The molecule has 0 unspecified atom stereocenters. The largest absolute Gasteiger partial charge is 0.365 e. The average Bonchev–Trinajstić information content (AvgIpc) is 3.16. The number of halogens is 2. The van der Waals surface area contributed by atoms with Crippen molar-refractivity contribution in [1.82, 2.24) is 24.7 Å². The predicted octanol–water partition coefficient (Wildman–Crippen LogP) is 3.10. The molecule has 8 heteroatoms. The van der Waals surface area contributed by atoms with Gasteiger partial charge in [-0.25, -0.2) is 28.4 Å². The van der Waals surface area contributed by atoms with E-state index in [0.717, 1.165) is 23.4 Å². The Morgan fingerprint density at radius 3 is 2.72 bits per heavy atom. The molecule has 0 aliphatic carbocycles. The van der Waals surface area contributed by atoms with Crippen LogP contribution in [0.3, 0.4) is 0 Å². The van der Waals surface area contributed by atoms with E-state index < -0.39 is 11.6 Å². The molecule has 0 atom stereocenters. The first kappa shape index (κ1) is 15.1. The number of rotatable bonds is 4. The summed E-state index contributed by atoms with van der Waals surface area (Å²) in [7, 11) is 0. The summed E-state index contributed by atoms with van der Waals surface area (Å²) in [5.41, 5.74) is 2.19. The average molecular weight is 338 g/mol. The molecule has 4 aromatic rings. The molecule has 1 N–H and O–H groups in total. The lowest BCUT2D eigenvalue weighted by Crippen LogP contribution is -2.04. The van der Waals surface area contributed by atoms with E-state index in [1.165, 1.54) is 12.7 Å². The lowest BCUT2D eigenvalue weighted by Gasteiger charge is -2.10. The van der Waals surface area contributed by atoms with Gasteiger partial charge in [0.25, 0.3) is 0 Å². The van der Waals surface area contributed by atoms with Gasteiger partial charge in [-0.1, -0.05) is 12.1 Å². The van der Waals surface area contributed by atoms with E-state index in [1.54, 1.807) is 11.0 Å². The van der Waals surface area contributed by atoms with Crippen molar-refractivity contribution in [3.8, 4) is 5.69 Å².